The van der Waals surface area contributed by atoms with E-state index in [1.54, 1.807) is 23.1 Å². The van der Waals surface area contributed by atoms with E-state index < -0.39 is 6.04 Å². The second-order valence-electron chi connectivity index (χ2n) is 8.62. The van der Waals surface area contributed by atoms with E-state index in [-0.39, 0.29) is 36.8 Å². The number of nitrogens with zero attached hydrogens (tertiary/aromatic N) is 1. The summed E-state index contributed by atoms with van der Waals surface area (Å²) in [5.41, 5.74) is 1.76. The summed E-state index contributed by atoms with van der Waals surface area (Å²) in [6, 6.07) is 11.1. The fourth-order valence-corrected chi connectivity index (χ4v) is 4.43. The van der Waals surface area contributed by atoms with Crippen molar-refractivity contribution in [2.75, 3.05) is 6.61 Å². The van der Waals surface area contributed by atoms with Crippen LogP contribution in [0.4, 0.5) is 4.39 Å². The number of carbonyl (C=O) groups is 2. The second kappa shape index (κ2) is 12.2. The fraction of sp³-hybridized carbons (Fsp3) is 0.462. The van der Waals surface area contributed by atoms with Gasteiger partial charge in [-0.05, 0) is 67.6 Å². The molecule has 1 N–H and O–H groups in total. The van der Waals surface area contributed by atoms with Gasteiger partial charge in [0.25, 0.3) is 5.91 Å². The molecule has 1 saturated carbocycles. The first-order chi connectivity index (χ1) is 15.9. The van der Waals surface area contributed by atoms with Crippen molar-refractivity contribution in [2.24, 2.45) is 0 Å². The number of halogens is 2. The molecule has 0 bridgehead atoms. The summed E-state index contributed by atoms with van der Waals surface area (Å²) in [5.74, 6) is -0.178. The van der Waals surface area contributed by atoms with Crippen LogP contribution in [0.25, 0.3) is 0 Å². The van der Waals surface area contributed by atoms with Crippen molar-refractivity contribution in [1.29, 1.82) is 0 Å². The van der Waals surface area contributed by atoms with Gasteiger partial charge in [0.2, 0.25) is 5.91 Å². The Balaban J connectivity index is 1.75. The van der Waals surface area contributed by atoms with Gasteiger partial charge < -0.3 is 15.0 Å². The highest BCUT2D eigenvalue weighted by Crippen LogP contribution is 2.22. The van der Waals surface area contributed by atoms with Crippen LogP contribution in [0.2, 0.25) is 0 Å². The van der Waals surface area contributed by atoms with E-state index in [1.165, 1.54) is 18.6 Å². The van der Waals surface area contributed by atoms with Gasteiger partial charge in [-0.2, -0.15) is 0 Å². The zero-order valence-electron chi connectivity index (χ0n) is 19.3. The molecule has 0 heterocycles. The Morgan fingerprint density at radius 2 is 1.85 bits per heavy atom. The van der Waals surface area contributed by atoms with Crippen molar-refractivity contribution in [3.63, 3.8) is 0 Å². The number of nitrogens with one attached hydrogen (secondary N) is 1. The molecule has 1 unspecified atom stereocenters. The Kier molecular flexibility index (Phi) is 9.30. The average Bonchev–Trinajstić information content (AvgIpc) is 2.81. The van der Waals surface area contributed by atoms with Gasteiger partial charge in [-0.15, -0.1) is 0 Å². The quantitative estimate of drug-likeness (QED) is 0.474. The SMILES string of the molecule is CCC(C(=O)NC1CCCCC1)N(Cc1ccc(F)cc1)C(=O)COc1ccc(Br)c(C)c1. The number of carbonyl (C=O) groups excluding carboxylic acids is 2. The van der Waals surface area contributed by atoms with Crippen LogP contribution in [-0.2, 0) is 16.1 Å². The maximum atomic E-state index is 13.4. The minimum Gasteiger partial charge on any atom is -0.484 e. The first-order valence-corrected chi connectivity index (χ1v) is 12.4. The van der Waals surface area contributed by atoms with Gasteiger partial charge in [0.05, 0.1) is 0 Å². The molecule has 0 aromatic heterocycles. The van der Waals surface area contributed by atoms with Crippen molar-refractivity contribution in [3.8, 4) is 5.75 Å². The molecule has 1 aliphatic rings. The smallest absolute Gasteiger partial charge is 0.261 e. The molecule has 2 aromatic rings. The minimum absolute atomic E-state index is 0.139. The lowest BCUT2D eigenvalue weighted by Gasteiger charge is -2.32. The number of aryl methyl sites for hydroxylation is 1. The van der Waals surface area contributed by atoms with E-state index in [0.717, 1.165) is 41.3 Å². The standard InChI is InChI=1S/C26H32BrFN2O3/c1-3-24(26(32)29-21-7-5-4-6-8-21)30(16-19-9-11-20(28)12-10-19)25(31)17-33-22-13-14-23(27)18(2)15-22/h9-15,21,24H,3-8,16-17H2,1-2H3,(H,29,32). The van der Waals surface area contributed by atoms with E-state index in [9.17, 15) is 14.0 Å². The average molecular weight is 519 g/mol. The van der Waals surface area contributed by atoms with Crippen LogP contribution in [0, 0.1) is 12.7 Å². The first kappa shape index (κ1) is 25.2. The molecule has 5 nitrogen and oxygen atoms in total. The lowest BCUT2D eigenvalue weighted by Crippen LogP contribution is -2.52. The highest BCUT2D eigenvalue weighted by Gasteiger charge is 2.30. The van der Waals surface area contributed by atoms with Crippen LogP contribution in [-0.4, -0.2) is 35.4 Å². The summed E-state index contributed by atoms with van der Waals surface area (Å²) in [5, 5.41) is 3.15. The Hall–Kier alpha value is -2.41. The maximum absolute atomic E-state index is 13.4. The van der Waals surface area contributed by atoms with E-state index in [2.05, 4.69) is 21.2 Å². The van der Waals surface area contributed by atoms with E-state index in [4.69, 9.17) is 4.74 Å². The number of ether oxygens (including phenoxy) is 1. The van der Waals surface area contributed by atoms with Crippen molar-refractivity contribution in [2.45, 2.75) is 71.0 Å². The molecular weight excluding hydrogens is 487 g/mol. The highest BCUT2D eigenvalue weighted by molar-refractivity contribution is 9.10. The number of benzene rings is 2. The van der Waals surface area contributed by atoms with Gasteiger partial charge in [-0.25, -0.2) is 4.39 Å². The van der Waals surface area contributed by atoms with E-state index >= 15 is 0 Å². The monoisotopic (exact) mass is 518 g/mol. The maximum Gasteiger partial charge on any atom is 0.261 e. The van der Waals surface area contributed by atoms with Gasteiger partial charge in [-0.3, -0.25) is 9.59 Å². The fourth-order valence-electron chi connectivity index (χ4n) is 4.19. The van der Waals surface area contributed by atoms with Crippen molar-refractivity contribution in [1.82, 2.24) is 10.2 Å². The summed E-state index contributed by atoms with van der Waals surface area (Å²) in [7, 11) is 0. The molecule has 1 aliphatic carbocycles. The van der Waals surface area contributed by atoms with E-state index in [0.29, 0.717) is 12.2 Å². The summed E-state index contributed by atoms with van der Waals surface area (Å²) in [4.78, 5) is 28.0. The number of amides is 2. The molecule has 0 aliphatic heterocycles. The summed E-state index contributed by atoms with van der Waals surface area (Å²) >= 11 is 3.46. The molecule has 0 radical (unpaired) electrons. The molecule has 33 heavy (non-hydrogen) atoms. The lowest BCUT2D eigenvalue weighted by molar-refractivity contribution is -0.143. The number of hydrogen-bond donors (Lipinski definition) is 1. The third-order valence-corrected chi connectivity index (χ3v) is 6.99. The van der Waals surface area contributed by atoms with Crippen LogP contribution in [0.3, 0.4) is 0 Å². The normalized spacial score (nSPS) is 15.0. The molecule has 0 spiro atoms. The van der Waals surface area contributed by atoms with Gasteiger partial charge in [-0.1, -0.05) is 54.2 Å². The van der Waals surface area contributed by atoms with Crippen LogP contribution < -0.4 is 10.1 Å². The molecule has 1 atom stereocenters. The van der Waals surface area contributed by atoms with Crippen LogP contribution in [0.1, 0.15) is 56.6 Å². The molecule has 7 heteroatoms. The lowest BCUT2D eigenvalue weighted by atomic mass is 9.95. The Morgan fingerprint density at radius 1 is 1.15 bits per heavy atom. The number of rotatable bonds is 9. The van der Waals surface area contributed by atoms with Crippen LogP contribution in [0.15, 0.2) is 46.9 Å². The Bertz CT molecular complexity index is 945. The third kappa shape index (κ3) is 7.29. The van der Waals surface area contributed by atoms with Crippen molar-refractivity contribution < 1.29 is 18.7 Å². The predicted molar refractivity (Wildman–Crippen MR) is 130 cm³/mol. The number of hydrogen-bond acceptors (Lipinski definition) is 3. The molecular formula is C26H32BrFN2O3. The topological polar surface area (TPSA) is 58.6 Å². The van der Waals surface area contributed by atoms with Crippen molar-refractivity contribution in [3.05, 3.63) is 63.9 Å². The summed E-state index contributed by atoms with van der Waals surface area (Å²) in [6.45, 7) is 3.87. The Morgan fingerprint density at radius 3 is 2.48 bits per heavy atom. The minimum atomic E-state index is -0.625. The zero-order chi connectivity index (χ0) is 23.8. The third-order valence-electron chi connectivity index (χ3n) is 6.10. The Labute approximate surface area is 203 Å². The van der Waals surface area contributed by atoms with Crippen LogP contribution >= 0.6 is 15.9 Å². The first-order valence-electron chi connectivity index (χ1n) is 11.6. The van der Waals surface area contributed by atoms with Crippen LogP contribution in [0.5, 0.6) is 5.75 Å². The van der Waals surface area contributed by atoms with Gasteiger partial charge in [0.15, 0.2) is 6.61 Å². The van der Waals surface area contributed by atoms with Gasteiger partial charge >= 0.3 is 0 Å². The largest absolute Gasteiger partial charge is 0.484 e. The molecule has 1 fully saturated rings. The zero-order valence-corrected chi connectivity index (χ0v) is 20.9. The molecule has 178 valence electrons. The summed E-state index contributed by atoms with van der Waals surface area (Å²) in [6.07, 6.45) is 5.84. The predicted octanol–water partition coefficient (Wildman–Crippen LogP) is 5.53. The molecule has 3 rings (SSSR count). The highest BCUT2D eigenvalue weighted by atomic mass is 79.9. The van der Waals surface area contributed by atoms with Gasteiger partial charge in [0, 0.05) is 17.1 Å². The molecule has 0 saturated heterocycles. The summed E-state index contributed by atoms with van der Waals surface area (Å²) < 4.78 is 20.1. The molecule has 2 aromatic carbocycles. The molecule has 2 amide bonds. The van der Waals surface area contributed by atoms with E-state index in [1.807, 2.05) is 26.0 Å². The second-order valence-corrected chi connectivity index (χ2v) is 9.47. The van der Waals surface area contributed by atoms with Gasteiger partial charge in [0.1, 0.15) is 17.6 Å². The van der Waals surface area contributed by atoms with Crippen molar-refractivity contribution >= 4 is 27.7 Å².